The molecule has 2 heterocycles. The van der Waals surface area contributed by atoms with Gasteiger partial charge in [-0.2, -0.15) is 0 Å². The van der Waals surface area contributed by atoms with Crippen LogP contribution in [0, 0.1) is 0 Å². The molecule has 0 saturated carbocycles. The number of carbonyl (C=O) groups excluding carboxylic acids is 2. The predicted octanol–water partition coefficient (Wildman–Crippen LogP) is 1.11. The summed E-state index contributed by atoms with van der Waals surface area (Å²) in [6, 6.07) is 0. The Kier molecular flexibility index (Phi) is 3.96. The topological polar surface area (TPSA) is 71.1 Å². The molecule has 0 aromatic carbocycles. The standard InChI is InChI=1S/C14H18O6/c1-5-11-6-7-17-14(11)13(19-10(4)16)12(8(2)20-14)18-9(3)15/h5-6,8,12-13H,1,7H2,2-4H3/t8-,12-,13-,14?/m0/s1. The number of hydrogen-bond donors (Lipinski definition) is 0. The Labute approximate surface area is 117 Å². The van der Waals surface area contributed by atoms with Gasteiger partial charge in [0.1, 0.15) is 0 Å². The van der Waals surface area contributed by atoms with Crippen LogP contribution in [0.25, 0.3) is 0 Å². The minimum absolute atomic E-state index is 0.318. The maximum absolute atomic E-state index is 11.4. The first-order valence-electron chi connectivity index (χ1n) is 6.40. The van der Waals surface area contributed by atoms with Gasteiger partial charge in [0.25, 0.3) is 0 Å². The van der Waals surface area contributed by atoms with Crippen LogP contribution < -0.4 is 0 Å². The van der Waals surface area contributed by atoms with E-state index in [2.05, 4.69) is 6.58 Å². The molecule has 0 radical (unpaired) electrons. The van der Waals surface area contributed by atoms with Crippen molar-refractivity contribution in [2.24, 2.45) is 0 Å². The Morgan fingerprint density at radius 3 is 2.60 bits per heavy atom. The molecule has 20 heavy (non-hydrogen) atoms. The van der Waals surface area contributed by atoms with E-state index < -0.39 is 36.0 Å². The van der Waals surface area contributed by atoms with Gasteiger partial charge in [0.15, 0.2) is 12.2 Å². The molecule has 0 aliphatic carbocycles. The van der Waals surface area contributed by atoms with Crippen LogP contribution in [0.2, 0.25) is 0 Å². The van der Waals surface area contributed by atoms with Gasteiger partial charge in [-0.25, -0.2) is 0 Å². The van der Waals surface area contributed by atoms with Crippen LogP contribution >= 0.6 is 0 Å². The Balaban J connectivity index is 2.36. The van der Waals surface area contributed by atoms with Crippen LogP contribution in [-0.4, -0.2) is 42.6 Å². The fourth-order valence-electron chi connectivity index (χ4n) is 2.60. The van der Waals surface area contributed by atoms with E-state index in [4.69, 9.17) is 18.9 Å². The number of esters is 2. The summed E-state index contributed by atoms with van der Waals surface area (Å²) < 4.78 is 22.0. The first kappa shape index (κ1) is 14.7. The average Bonchev–Trinajstić information content (AvgIpc) is 2.85. The summed E-state index contributed by atoms with van der Waals surface area (Å²) in [5.74, 6) is -2.21. The van der Waals surface area contributed by atoms with E-state index in [1.54, 1.807) is 19.1 Å². The third kappa shape index (κ3) is 2.36. The van der Waals surface area contributed by atoms with Gasteiger partial charge in [0.2, 0.25) is 5.79 Å². The van der Waals surface area contributed by atoms with Gasteiger partial charge in [0, 0.05) is 19.4 Å². The van der Waals surface area contributed by atoms with E-state index in [9.17, 15) is 9.59 Å². The molecule has 1 spiro atoms. The molecule has 6 nitrogen and oxygen atoms in total. The van der Waals surface area contributed by atoms with E-state index in [1.807, 2.05) is 0 Å². The molecule has 0 aromatic rings. The number of rotatable bonds is 3. The van der Waals surface area contributed by atoms with Crippen molar-refractivity contribution in [3.8, 4) is 0 Å². The van der Waals surface area contributed by atoms with Crippen LogP contribution in [0.4, 0.5) is 0 Å². The second-order valence-electron chi connectivity index (χ2n) is 4.77. The van der Waals surface area contributed by atoms with Gasteiger partial charge in [-0.3, -0.25) is 9.59 Å². The van der Waals surface area contributed by atoms with Gasteiger partial charge in [-0.15, -0.1) is 0 Å². The van der Waals surface area contributed by atoms with Crippen LogP contribution in [0.1, 0.15) is 20.8 Å². The minimum Gasteiger partial charge on any atom is -0.456 e. The highest BCUT2D eigenvalue weighted by atomic mass is 16.8. The molecule has 1 fully saturated rings. The first-order chi connectivity index (χ1) is 9.40. The molecular formula is C14H18O6. The molecule has 6 heteroatoms. The molecule has 4 atom stereocenters. The quantitative estimate of drug-likeness (QED) is 0.722. The minimum atomic E-state index is -1.24. The van der Waals surface area contributed by atoms with Gasteiger partial charge in [-0.05, 0) is 6.92 Å². The third-order valence-electron chi connectivity index (χ3n) is 3.31. The number of ether oxygens (including phenoxy) is 4. The predicted molar refractivity (Wildman–Crippen MR) is 68.6 cm³/mol. The maximum atomic E-state index is 11.4. The summed E-state index contributed by atoms with van der Waals surface area (Å²) in [4.78, 5) is 22.6. The Bertz CT molecular complexity index is 468. The van der Waals surface area contributed by atoms with Crippen molar-refractivity contribution in [2.45, 2.75) is 44.9 Å². The monoisotopic (exact) mass is 282 g/mol. The molecule has 2 aliphatic heterocycles. The van der Waals surface area contributed by atoms with E-state index >= 15 is 0 Å². The van der Waals surface area contributed by atoms with Crippen LogP contribution in [0.15, 0.2) is 24.3 Å². The molecule has 0 aromatic heterocycles. The second kappa shape index (κ2) is 5.38. The fraction of sp³-hybridized carbons (Fsp3) is 0.571. The van der Waals surface area contributed by atoms with Crippen molar-refractivity contribution in [1.82, 2.24) is 0 Å². The van der Waals surface area contributed by atoms with Crippen molar-refractivity contribution in [3.63, 3.8) is 0 Å². The lowest BCUT2D eigenvalue weighted by atomic mass is 9.98. The van der Waals surface area contributed by atoms with Gasteiger partial charge >= 0.3 is 11.9 Å². The van der Waals surface area contributed by atoms with Crippen molar-refractivity contribution in [1.29, 1.82) is 0 Å². The SMILES string of the molecule is C=CC1=CCOC12O[C@@H](C)[C@H](OC(C)=O)[C@@H]2OC(C)=O. The third-order valence-corrected chi connectivity index (χ3v) is 3.31. The first-order valence-corrected chi connectivity index (χ1v) is 6.40. The summed E-state index contributed by atoms with van der Waals surface area (Å²) in [5, 5.41) is 0. The highest BCUT2D eigenvalue weighted by molar-refractivity contribution is 5.68. The molecule has 2 rings (SSSR count). The van der Waals surface area contributed by atoms with Gasteiger partial charge in [0.05, 0.1) is 12.7 Å². The Morgan fingerprint density at radius 1 is 1.40 bits per heavy atom. The zero-order chi connectivity index (χ0) is 14.9. The molecule has 0 N–H and O–H groups in total. The summed E-state index contributed by atoms with van der Waals surface area (Å²) in [7, 11) is 0. The summed E-state index contributed by atoms with van der Waals surface area (Å²) in [6.07, 6.45) is 1.34. The van der Waals surface area contributed by atoms with Gasteiger partial charge in [-0.1, -0.05) is 18.7 Å². The van der Waals surface area contributed by atoms with E-state index in [0.717, 1.165) is 0 Å². The van der Waals surface area contributed by atoms with E-state index in [1.165, 1.54) is 13.8 Å². The van der Waals surface area contributed by atoms with Crippen LogP contribution in [-0.2, 0) is 28.5 Å². The lowest BCUT2D eigenvalue weighted by molar-refractivity contribution is -0.223. The average molecular weight is 282 g/mol. The summed E-state index contributed by atoms with van der Waals surface area (Å²) >= 11 is 0. The molecule has 110 valence electrons. The molecule has 0 amide bonds. The summed E-state index contributed by atoms with van der Waals surface area (Å²) in [5.41, 5.74) is 0.672. The molecule has 2 aliphatic rings. The molecular weight excluding hydrogens is 264 g/mol. The molecule has 1 unspecified atom stereocenters. The fourth-order valence-corrected chi connectivity index (χ4v) is 2.60. The highest BCUT2D eigenvalue weighted by Gasteiger charge is 2.61. The lowest BCUT2D eigenvalue weighted by Gasteiger charge is -2.31. The maximum Gasteiger partial charge on any atom is 0.303 e. The normalized spacial score (nSPS) is 35.8. The van der Waals surface area contributed by atoms with Crippen molar-refractivity contribution in [3.05, 3.63) is 24.3 Å². The molecule has 0 bridgehead atoms. The van der Waals surface area contributed by atoms with Crippen molar-refractivity contribution in [2.75, 3.05) is 6.61 Å². The van der Waals surface area contributed by atoms with Crippen molar-refractivity contribution >= 4 is 11.9 Å². The smallest absolute Gasteiger partial charge is 0.303 e. The number of hydrogen-bond acceptors (Lipinski definition) is 6. The zero-order valence-electron chi connectivity index (χ0n) is 11.8. The van der Waals surface area contributed by atoms with Crippen molar-refractivity contribution < 1.29 is 28.5 Å². The van der Waals surface area contributed by atoms with Gasteiger partial charge < -0.3 is 18.9 Å². The highest BCUT2D eigenvalue weighted by Crippen LogP contribution is 2.44. The number of carbonyl (C=O) groups is 2. The van der Waals surface area contributed by atoms with Crippen LogP contribution in [0.5, 0.6) is 0 Å². The summed E-state index contributed by atoms with van der Waals surface area (Å²) in [6.45, 7) is 8.34. The van der Waals surface area contributed by atoms with E-state index in [0.29, 0.717) is 12.2 Å². The lowest BCUT2D eigenvalue weighted by Crippen LogP contribution is -2.48. The molecule has 1 saturated heterocycles. The zero-order valence-corrected chi connectivity index (χ0v) is 11.8. The van der Waals surface area contributed by atoms with Crippen LogP contribution in [0.3, 0.4) is 0 Å². The Hall–Kier alpha value is -1.66. The largest absolute Gasteiger partial charge is 0.456 e. The second-order valence-corrected chi connectivity index (χ2v) is 4.77. The van der Waals surface area contributed by atoms with E-state index in [-0.39, 0.29) is 0 Å². The Morgan fingerprint density at radius 2 is 2.05 bits per heavy atom.